The van der Waals surface area contributed by atoms with Gasteiger partial charge in [-0.25, -0.2) is 4.90 Å². The minimum atomic E-state index is -4.26. The van der Waals surface area contributed by atoms with E-state index in [2.05, 4.69) is 0 Å². The molecule has 2 heterocycles. The molecule has 13 nitrogen and oxygen atoms in total. The third kappa shape index (κ3) is 3.71. The summed E-state index contributed by atoms with van der Waals surface area (Å²) in [5.74, 6) is -6.46. The number of ether oxygens (including phenoxy) is 1. The van der Waals surface area contributed by atoms with E-state index in [-0.39, 0.29) is 6.61 Å². The Morgan fingerprint density at radius 3 is 2.12 bits per heavy atom. The van der Waals surface area contributed by atoms with E-state index < -0.39 is 51.0 Å². The van der Waals surface area contributed by atoms with E-state index in [0.717, 1.165) is 26.1 Å². The van der Waals surface area contributed by atoms with Crippen LogP contribution in [0.1, 0.15) is 29.9 Å². The van der Waals surface area contributed by atoms with Crippen LogP contribution in [0, 0.1) is 0 Å². The first kappa shape index (κ1) is 23.6. The molecule has 0 fully saturated rings. The third-order valence-electron chi connectivity index (χ3n) is 4.91. The van der Waals surface area contributed by atoms with Crippen molar-refractivity contribution >= 4 is 5.91 Å². The highest BCUT2D eigenvalue weighted by atomic mass is 16.7. The molecule has 1 amide bonds. The van der Waals surface area contributed by atoms with Crippen LogP contribution in [0.2, 0.25) is 0 Å². The summed E-state index contributed by atoms with van der Waals surface area (Å²) < 4.78 is 6.17. The zero-order valence-corrected chi connectivity index (χ0v) is 17.0. The lowest BCUT2D eigenvalue weighted by molar-refractivity contribution is -0.473. The Hall–Kier alpha value is -3.04. The van der Waals surface area contributed by atoms with Crippen molar-refractivity contribution in [1.29, 1.82) is 0 Å². The summed E-state index contributed by atoms with van der Waals surface area (Å²) in [5.41, 5.74) is -5.53. The molecule has 13 heteroatoms. The highest BCUT2D eigenvalue weighted by molar-refractivity contribution is 5.97. The molecule has 3 rings (SSSR count). The molecule has 0 bridgehead atoms. The minimum Gasteiger partial charge on any atom is -0.482 e. The van der Waals surface area contributed by atoms with Gasteiger partial charge in [-0.2, -0.15) is 0 Å². The van der Waals surface area contributed by atoms with Crippen LogP contribution in [-0.4, -0.2) is 74.6 Å². The van der Waals surface area contributed by atoms with Crippen molar-refractivity contribution in [2.75, 3.05) is 5.43 Å². The molecular weight excluding hydrogens is 430 g/mol. The summed E-state index contributed by atoms with van der Waals surface area (Å²) in [6, 6.07) is 5.88. The SMILES string of the molecule is CC(C)(O)C(O)(N1C(=O)c2c(OCc3ccccc3)c(=O)ccn2NC1(O)O)C(O)(O)O. The second-order valence-corrected chi connectivity index (χ2v) is 7.76. The summed E-state index contributed by atoms with van der Waals surface area (Å²) in [7, 11) is 0. The Kier molecular flexibility index (Phi) is 5.56. The van der Waals surface area contributed by atoms with E-state index in [4.69, 9.17) is 4.74 Å². The summed E-state index contributed by atoms with van der Waals surface area (Å²) in [6.07, 6.45) is 0.955. The molecule has 0 radical (unpaired) electrons. The van der Waals surface area contributed by atoms with Gasteiger partial charge in [0.25, 0.3) is 11.6 Å². The maximum absolute atomic E-state index is 13.3. The lowest BCUT2D eigenvalue weighted by Gasteiger charge is -2.54. The van der Waals surface area contributed by atoms with Crippen LogP contribution in [0.4, 0.5) is 0 Å². The van der Waals surface area contributed by atoms with Crippen LogP contribution in [0.5, 0.6) is 5.75 Å². The second kappa shape index (κ2) is 7.53. The van der Waals surface area contributed by atoms with Gasteiger partial charge >= 0.3 is 12.0 Å². The number of aliphatic hydroxyl groups is 7. The number of rotatable bonds is 6. The highest BCUT2D eigenvalue weighted by Gasteiger charge is 2.69. The molecule has 1 aliphatic heterocycles. The number of carbonyl (C=O) groups excluding carboxylic acids is 1. The van der Waals surface area contributed by atoms with E-state index in [9.17, 15) is 45.3 Å². The van der Waals surface area contributed by atoms with E-state index in [1.165, 1.54) is 0 Å². The molecule has 0 saturated carbocycles. The number of pyridine rings is 1. The summed E-state index contributed by atoms with van der Waals surface area (Å²) in [5, 5.41) is 71.2. The molecule has 1 aromatic heterocycles. The monoisotopic (exact) mass is 453 g/mol. The average molecular weight is 453 g/mol. The highest BCUT2D eigenvalue weighted by Crippen LogP contribution is 2.40. The molecule has 1 aliphatic rings. The predicted molar refractivity (Wildman–Crippen MR) is 105 cm³/mol. The zero-order chi connectivity index (χ0) is 24.1. The van der Waals surface area contributed by atoms with Crippen molar-refractivity contribution in [3.8, 4) is 5.75 Å². The molecule has 8 N–H and O–H groups in total. The summed E-state index contributed by atoms with van der Waals surface area (Å²) in [4.78, 5) is 25.3. The fraction of sp³-hybridized carbons (Fsp3) is 0.368. The number of hydrogen-bond acceptors (Lipinski definition) is 11. The van der Waals surface area contributed by atoms with Gasteiger partial charge in [0.05, 0.1) is 0 Å². The number of hydrogen-bond donors (Lipinski definition) is 8. The molecule has 0 aliphatic carbocycles. The number of fused-ring (bicyclic) bond motifs is 1. The van der Waals surface area contributed by atoms with Crippen LogP contribution >= 0.6 is 0 Å². The Bertz CT molecular complexity index is 1060. The van der Waals surface area contributed by atoms with Gasteiger partial charge in [0.1, 0.15) is 12.2 Å². The van der Waals surface area contributed by atoms with Crippen molar-refractivity contribution in [2.45, 2.75) is 43.8 Å². The topological polar surface area (TPSA) is 205 Å². The number of carbonyl (C=O) groups is 1. The van der Waals surface area contributed by atoms with Crippen LogP contribution in [0.25, 0.3) is 0 Å². The normalized spacial score (nSPS) is 17.9. The van der Waals surface area contributed by atoms with Crippen LogP contribution in [0.15, 0.2) is 47.4 Å². The maximum atomic E-state index is 13.3. The van der Waals surface area contributed by atoms with Gasteiger partial charge in [-0.3, -0.25) is 19.7 Å². The largest absolute Gasteiger partial charge is 0.482 e. The van der Waals surface area contributed by atoms with Crippen molar-refractivity contribution in [1.82, 2.24) is 9.58 Å². The zero-order valence-electron chi connectivity index (χ0n) is 17.0. The van der Waals surface area contributed by atoms with Gasteiger partial charge in [0.2, 0.25) is 5.43 Å². The number of amides is 1. The first-order chi connectivity index (χ1) is 14.6. The number of nitrogens with one attached hydrogen (secondary N) is 1. The molecule has 1 unspecified atom stereocenters. The fourth-order valence-corrected chi connectivity index (χ4v) is 3.35. The molecule has 2 aromatic rings. The van der Waals surface area contributed by atoms with Crippen molar-refractivity contribution in [3.05, 3.63) is 64.1 Å². The number of aromatic nitrogens is 1. The van der Waals surface area contributed by atoms with E-state index in [0.29, 0.717) is 10.2 Å². The second-order valence-electron chi connectivity index (χ2n) is 7.76. The lowest BCUT2D eigenvalue weighted by Crippen LogP contribution is -2.82. The van der Waals surface area contributed by atoms with Crippen molar-refractivity contribution in [3.63, 3.8) is 0 Å². The van der Waals surface area contributed by atoms with Gasteiger partial charge in [-0.15, -0.1) is 0 Å². The number of benzene rings is 1. The van der Waals surface area contributed by atoms with Crippen LogP contribution in [0.3, 0.4) is 0 Å². The molecule has 174 valence electrons. The van der Waals surface area contributed by atoms with Gasteiger partial charge in [-0.1, -0.05) is 30.3 Å². The van der Waals surface area contributed by atoms with Crippen molar-refractivity contribution < 1.29 is 45.3 Å². The fourth-order valence-electron chi connectivity index (χ4n) is 3.35. The Labute approximate surface area is 180 Å². The van der Waals surface area contributed by atoms with Gasteiger partial charge < -0.3 is 40.5 Å². The Balaban J connectivity index is 2.17. The smallest absolute Gasteiger partial charge is 0.354 e. The van der Waals surface area contributed by atoms with Gasteiger partial charge in [0, 0.05) is 12.3 Å². The standard InChI is InChI=1S/C19H23N3O10/c1-16(2,25)17(26,18(27,28)29)22-15(24)13-14(32-10-11-6-4-3-5-7-11)12(23)8-9-21(13)20-19(22,30)31/h3-9,20,25-31H,10H2,1-2H3. The molecule has 1 atom stereocenters. The Morgan fingerprint density at radius 1 is 1.00 bits per heavy atom. The molecule has 1 aromatic carbocycles. The summed E-state index contributed by atoms with van der Waals surface area (Å²) in [6.45, 7) is 1.34. The quantitative estimate of drug-likeness (QED) is 0.208. The van der Waals surface area contributed by atoms with E-state index in [1.807, 2.05) is 5.43 Å². The minimum absolute atomic E-state index is 0.177. The summed E-state index contributed by atoms with van der Waals surface area (Å²) >= 11 is 0. The van der Waals surface area contributed by atoms with Crippen LogP contribution < -0.4 is 15.6 Å². The van der Waals surface area contributed by atoms with Crippen molar-refractivity contribution in [2.24, 2.45) is 0 Å². The van der Waals surface area contributed by atoms with Gasteiger partial charge in [-0.05, 0) is 19.4 Å². The molecule has 32 heavy (non-hydrogen) atoms. The average Bonchev–Trinajstić information content (AvgIpc) is 2.66. The van der Waals surface area contributed by atoms with Gasteiger partial charge in [0.15, 0.2) is 11.4 Å². The van der Waals surface area contributed by atoms with Crippen LogP contribution in [-0.2, 0) is 6.61 Å². The van der Waals surface area contributed by atoms with E-state index in [1.54, 1.807) is 30.3 Å². The first-order valence-corrected chi connectivity index (χ1v) is 9.23. The molecule has 0 spiro atoms. The lowest BCUT2D eigenvalue weighted by atomic mass is 9.89. The number of nitrogens with zero attached hydrogens (tertiary/aromatic N) is 2. The maximum Gasteiger partial charge on any atom is 0.354 e. The molecular formula is C19H23N3O10. The van der Waals surface area contributed by atoms with E-state index >= 15 is 0 Å². The molecule has 0 saturated heterocycles. The third-order valence-corrected chi connectivity index (χ3v) is 4.91. The Morgan fingerprint density at radius 2 is 1.59 bits per heavy atom. The first-order valence-electron chi connectivity index (χ1n) is 9.23. The predicted octanol–water partition coefficient (Wildman–Crippen LogP) is -2.89.